The number of fused-ring (bicyclic) bond motifs is 1. The first-order valence-electron chi connectivity index (χ1n) is 5.54. The zero-order valence-corrected chi connectivity index (χ0v) is 14.2. The van der Waals surface area contributed by atoms with E-state index in [9.17, 15) is 4.79 Å². The van der Waals surface area contributed by atoms with Crippen LogP contribution in [0.4, 0.5) is 0 Å². The molecule has 3 rings (SSSR count). The van der Waals surface area contributed by atoms with Gasteiger partial charge >= 0.3 is 0 Å². The highest BCUT2D eigenvalue weighted by Gasteiger charge is 2.07. The van der Waals surface area contributed by atoms with Gasteiger partial charge < -0.3 is 0 Å². The molecule has 3 heterocycles. The second-order valence-electron chi connectivity index (χ2n) is 3.82. The van der Waals surface area contributed by atoms with Crippen LogP contribution in [0.15, 0.2) is 18.3 Å². The van der Waals surface area contributed by atoms with E-state index >= 15 is 0 Å². The fourth-order valence-corrected chi connectivity index (χ4v) is 2.74. The highest BCUT2D eigenvalue weighted by Crippen LogP contribution is 2.24. The van der Waals surface area contributed by atoms with Crippen molar-refractivity contribution in [2.24, 2.45) is 0 Å². The fraction of sp³-hybridized carbons (Fsp3) is 0. The molecule has 1 N–H and O–H groups in total. The molecular weight excluding hydrogens is 393 g/mol. The first-order valence-corrected chi connectivity index (χ1v) is 7.43. The number of H-pyrrole nitrogens is 1. The van der Waals surface area contributed by atoms with Crippen LogP contribution >= 0.6 is 58.0 Å². The van der Waals surface area contributed by atoms with Crippen LogP contribution in [0.1, 0.15) is 10.4 Å². The Labute approximate surface area is 149 Å². The molecule has 22 heavy (non-hydrogen) atoms. The van der Waals surface area contributed by atoms with Crippen molar-refractivity contribution in [3.05, 3.63) is 49.5 Å². The zero-order valence-electron chi connectivity index (χ0n) is 10.4. The van der Waals surface area contributed by atoms with Crippen LogP contribution < -0.4 is 0 Å². The minimum Gasteiger partial charge on any atom is -0.298 e. The topological polar surface area (TPSA) is 71.5 Å². The lowest BCUT2D eigenvalue weighted by Gasteiger charge is -1.97. The number of carbonyl (C=O) groups excluding carboxylic acids is 1. The molecule has 3 aromatic heterocycles. The van der Waals surface area contributed by atoms with Gasteiger partial charge in [0.2, 0.25) is 0 Å². The van der Waals surface area contributed by atoms with Crippen LogP contribution in [-0.2, 0) is 0 Å². The van der Waals surface area contributed by atoms with Gasteiger partial charge in [0.15, 0.2) is 6.29 Å². The van der Waals surface area contributed by atoms with Crippen molar-refractivity contribution in [2.75, 3.05) is 0 Å². The molecule has 114 valence electrons. The van der Waals surface area contributed by atoms with Crippen LogP contribution in [0, 0.1) is 0 Å². The average Bonchev–Trinajstić information content (AvgIpc) is 2.87. The first kappa shape index (κ1) is 17.2. The summed E-state index contributed by atoms with van der Waals surface area (Å²) in [4.78, 5) is 17.8. The van der Waals surface area contributed by atoms with Crippen molar-refractivity contribution in [1.82, 2.24) is 20.2 Å². The number of aldehydes is 1. The van der Waals surface area contributed by atoms with E-state index in [1.807, 2.05) is 0 Å². The number of nitrogens with one attached hydrogen (secondary N) is 1. The Morgan fingerprint density at radius 1 is 0.955 bits per heavy atom. The third kappa shape index (κ3) is 4.00. The van der Waals surface area contributed by atoms with Crippen LogP contribution in [0.3, 0.4) is 0 Å². The molecule has 0 spiro atoms. The minimum absolute atomic E-state index is 0.0255. The molecule has 0 radical (unpaired) electrons. The zero-order chi connectivity index (χ0) is 16.3. The van der Waals surface area contributed by atoms with Crippen molar-refractivity contribution in [3.63, 3.8) is 0 Å². The first-order chi connectivity index (χ1) is 10.4. The molecule has 0 fully saturated rings. The third-order valence-corrected chi connectivity index (χ3v) is 3.68. The second kappa shape index (κ2) is 7.44. The summed E-state index contributed by atoms with van der Waals surface area (Å²) in [7, 11) is 0. The van der Waals surface area contributed by atoms with Gasteiger partial charge in [0.25, 0.3) is 0 Å². The fourth-order valence-electron chi connectivity index (χ4n) is 1.45. The van der Waals surface area contributed by atoms with Gasteiger partial charge in [-0.3, -0.25) is 9.89 Å². The van der Waals surface area contributed by atoms with E-state index in [0.29, 0.717) is 16.6 Å². The number of nitrogens with zero attached hydrogens (tertiary/aromatic N) is 3. The van der Waals surface area contributed by atoms with Crippen molar-refractivity contribution in [2.45, 2.75) is 0 Å². The maximum Gasteiger partial charge on any atom is 0.154 e. The molecule has 0 aliphatic rings. The molecule has 0 bridgehead atoms. The Morgan fingerprint density at radius 2 is 1.59 bits per heavy atom. The van der Waals surface area contributed by atoms with Gasteiger partial charge in [-0.2, -0.15) is 5.10 Å². The quantitative estimate of drug-likeness (QED) is 0.456. The summed E-state index contributed by atoms with van der Waals surface area (Å²) in [5.74, 6) is 0. The van der Waals surface area contributed by atoms with Crippen molar-refractivity contribution in [1.29, 1.82) is 0 Å². The summed E-state index contributed by atoms with van der Waals surface area (Å²) < 4.78 is 0. The number of pyridine rings is 2. The van der Waals surface area contributed by atoms with E-state index < -0.39 is 0 Å². The Hall–Kier alpha value is -1.11. The molecule has 0 aromatic carbocycles. The van der Waals surface area contributed by atoms with Crippen LogP contribution in [-0.4, -0.2) is 26.5 Å². The van der Waals surface area contributed by atoms with Crippen molar-refractivity contribution in [3.8, 4) is 0 Å². The summed E-state index contributed by atoms with van der Waals surface area (Å²) in [6.45, 7) is 0. The van der Waals surface area contributed by atoms with Crippen LogP contribution in [0.2, 0.25) is 25.6 Å². The van der Waals surface area contributed by atoms with Gasteiger partial charge in [-0.1, -0.05) is 58.0 Å². The van der Waals surface area contributed by atoms with Gasteiger partial charge in [-0.05, 0) is 6.07 Å². The molecule has 0 unspecified atom stereocenters. The Bertz CT molecular complexity index is 812. The molecule has 0 amide bonds. The number of aromatic amines is 1. The molecule has 0 atom stereocenters. The number of hydrogen-bond donors (Lipinski definition) is 1. The van der Waals surface area contributed by atoms with E-state index in [1.54, 1.807) is 12.3 Å². The van der Waals surface area contributed by atoms with E-state index in [-0.39, 0.29) is 20.9 Å². The van der Waals surface area contributed by atoms with E-state index in [2.05, 4.69) is 20.2 Å². The summed E-state index contributed by atoms with van der Waals surface area (Å²) >= 11 is 28.0. The normalized spacial score (nSPS) is 10.2. The Balaban J connectivity index is 0.000000160. The van der Waals surface area contributed by atoms with Gasteiger partial charge in [0.1, 0.15) is 20.6 Å². The number of carbonyl (C=O) groups is 1. The lowest BCUT2D eigenvalue weighted by molar-refractivity contribution is 0.112. The summed E-state index contributed by atoms with van der Waals surface area (Å²) in [6.07, 6.45) is 2.15. The SMILES string of the molecule is Clc1cc2[nH]ncc2c(Cl)n1.O=Cc1c(Cl)cc(Cl)nc1Cl. The predicted octanol–water partition coefficient (Wildman–Crippen LogP) is 5.12. The number of aromatic nitrogens is 4. The highest BCUT2D eigenvalue weighted by atomic mass is 35.5. The molecular formula is C12H5Cl5N4O. The molecule has 0 aliphatic carbocycles. The Kier molecular flexibility index (Phi) is 5.83. The van der Waals surface area contributed by atoms with Crippen molar-refractivity contribution < 1.29 is 4.79 Å². The smallest absolute Gasteiger partial charge is 0.154 e. The number of hydrogen-bond acceptors (Lipinski definition) is 4. The van der Waals surface area contributed by atoms with Gasteiger partial charge in [-0.15, -0.1) is 0 Å². The molecule has 0 aliphatic heterocycles. The minimum atomic E-state index is 0.0255. The third-order valence-electron chi connectivity index (χ3n) is 2.41. The number of rotatable bonds is 1. The summed E-state index contributed by atoms with van der Waals surface area (Å²) in [6, 6.07) is 3.04. The lowest BCUT2D eigenvalue weighted by Crippen LogP contribution is -1.87. The largest absolute Gasteiger partial charge is 0.298 e. The van der Waals surface area contributed by atoms with E-state index in [1.165, 1.54) is 6.07 Å². The standard InChI is InChI=1S/C6H2Cl3NO.C6H3Cl2N3/c7-4-1-5(8)10-6(9)3(4)2-11;7-5-1-4-3(2-9-11-4)6(8)10-5/h1-2H;1-2H,(H,9,11). The second-order valence-corrected chi connectivity index (χ2v) is 5.71. The average molecular weight is 398 g/mol. The molecule has 5 nitrogen and oxygen atoms in total. The van der Waals surface area contributed by atoms with Gasteiger partial charge in [0.05, 0.1) is 27.7 Å². The van der Waals surface area contributed by atoms with Crippen LogP contribution in [0.5, 0.6) is 0 Å². The molecule has 0 saturated carbocycles. The molecule has 10 heteroatoms. The molecule has 0 saturated heterocycles. The lowest BCUT2D eigenvalue weighted by atomic mass is 10.3. The maximum absolute atomic E-state index is 10.3. The maximum atomic E-state index is 10.3. The van der Waals surface area contributed by atoms with E-state index in [0.717, 1.165) is 10.9 Å². The Morgan fingerprint density at radius 3 is 2.23 bits per heavy atom. The number of halogens is 5. The van der Waals surface area contributed by atoms with E-state index in [4.69, 9.17) is 58.0 Å². The van der Waals surface area contributed by atoms with Crippen LogP contribution in [0.25, 0.3) is 10.9 Å². The van der Waals surface area contributed by atoms with Crippen molar-refractivity contribution >= 4 is 75.2 Å². The summed E-state index contributed by atoms with van der Waals surface area (Å²) in [5, 5.41) is 8.48. The molecule has 3 aromatic rings. The van der Waals surface area contributed by atoms with Gasteiger partial charge in [0, 0.05) is 6.07 Å². The highest BCUT2D eigenvalue weighted by molar-refractivity contribution is 6.39. The van der Waals surface area contributed by atoms with Gasteiger partial charge in [-0.25, -0.2) is 9.97 Å². The predicted molar refractivity (Wildman–Crippen MR) is 88.6 cm³/mol. The summed E-state index contributed by atoms with van der Waals surface area (Å²) in [5.41, 5.74) is 0.965. The monoisotopic (exact) mass is 396 g/mol.